The maximum Gasteiger partial charge on any atom is 0.415 e. The highest BCUT2D eigenvalue weighted by Gasteiger charge is 2.56. The SMILES string of the molecule is CCC1C(=O)NCCN1C(=O)C(C)(N)C(F)(F)F. The molecule has 0 aromatic carbocycles. The first-order chi connectivity index (χ1) is 8.13. The molecule has 104 valence electrons. The molecule has 0 aromatic heterocycles. The van der Waals surface area contributed by atoms with Crippen LogP contribution in [0.1, 0.15) is 20.3 Å². The average molecular weight is 267 g/mol. The third kappa shape index (κ3) is 2.43. The number of carbonyl (C=O) groups is 2. The Kier molecular flexibility index (Phi) is 3.89. The number of hydrogen-bond donors (Lipinski definition) is 2. The quantitative estimate of drug-likeness (QED) is 0.739. The zero-order chi connectivity index (χ0) is 14.1. The molecule has 2 atom stereocenters. The predicted octanol–water partition coefficient (Wildman–Crippen LogP) is 0.00310. The smallest absolute Gasteiger partial charge is 0.353 e. The molecule has 1 heterocycles. The summed E-state index contributed by atoms with van der Waals surface area (Å²) in [4.78, 5) is 24.3. The number of amides is 2. The van der Waals surface area contributed by atoms with Crippen LogP contribution in [0.5, 0.6) is 0 Å². The summed E-state index contributed by atoms with van der Waals surface area (Å²) in [6.45, 7) is 2.41. The number of halogens is 3. The Morgan fingerprint density at radius 1 is 1.56 bits per heavy atom. The van der Waals surface area contributed by atoms with Gasteiger partial charge in [0.1, 0.15) is 6.04 Å². The lowest BCUT2D eigenvalue weighted by Crippen LogP contribution is -2.67. The highest BCUT2D eigenvalue weighted by Crippen LogP contribution is 2.30. The molecule has 8 heteroatoms. The summed E-state index contributed by atoms with van der Waals surface area (Å²) in [5.74, 6) is -1.72. The topological polar surface area (TPSA) is 75.4 Å². The lowest BCUT2D eigenvalue weighted by atomic mass is 9.98. The van der Waals surface area contributed by atoms with Crippen molar-refractivity contribution in [1.82, 2.24) is 10.2 Å². The average Bonchev–Trinajstić information content (AvgIpc) is 2.26. The fraction of sp³-hybridized carbons (Fsp3) is 0.800. The van der Waals surface area contributed by atoms with E-state index in [2.05, 4.69) is 5.32 Å². The van der Waals surface area contributed by atoms with Crippen LogP contribution in [-0.4, -0.2) is 47.6 Å². The van der Waals surface area contributed by atoms with Gasteiger partial charge in [0.25, 0.3) is 5.91 Å². The molecule has 0 bridgehead atoms. The van der Waals surface area contributed by atoms with Crippen LogP contribution >= 0.6 is 0 Å². The number of hydrogen-bond acceptors (Lipinski definition) is 3. The lowest BCUT2D eigenvalue weighted by molar-refractivity contribution is -0.196. The van der Waals surface area contributed by atoms with Gasteiger partial charge in [-0.15, -0.1) is 0 Å². The van der Waals surface area contributed by atoms with E-state index in [0.717, 1.165) is 4.90 Å². The van der Waals surface area contributed by atoms with Crippen LogP contribution in [-0.2, 0) is 9.59 Å². The first kappa shape index (κ1) is 14.7. The summed E-state index contributed by atoms with van der Waals surface area (Å²) in [6, 6.07) is -0.892. The first-order valence-corrected chi connectivity index (χ1v) is 5.57. The van der Waals surface area contributed by atoms with E-state index < -0.39 is 29.6 Å². The second kappa shape index (κ2) is 4.75. The third-order valence-electron chi connectivity index (χ3n) is 3.01. The molecule has 2 amide bonds. The number of nitrogens with two attached hydrogens (primary N) is 1. The summed E-state index contributed by atoms with van der Waals surface area (Å²) in [5, 5.41) is 2.50. The Balaban J connectivity index is 2.98. The van der Waals surface area contributed by atoms with E-state index in [0.29, 0.717) is 6.92 Å². The van der Waals surface area contributed by atoms with Crippen LogP contribution in [0.4, 0.5) is 13.2 Å². The summed E-state index contributed by atoms with van der Waals surface area (Å²) >= 11 is 0. The van der Waals surface area contributed by atoms with E-state index in [1.807, 2.05) is 0 Å². The Bertz CT molecular complexity index is 355. The van der Waals surface area contributed by atoms with Crippen molar-refractivity contribution in [1.29, 1.82) is 0 Å². The van der Waals surface area contributed by atoms with Crippen molar-refractivity contribution in [3.8, 4) is 0 Å². The fourth-order valence-corrected chi connectivity index (χ4v) is 1.78. The normalized spacial score (nSPS) is 24.4. The van der Waals surface area contributed by atoms with Gasteiger partial charge in [-0.3, -0.25) is 9.59 Å². The number of rotatable bonds is 2. The van der Waals surface area contributed by atoms with Gasteiger partial charge in [-0.1, -0.05) is 6.92 Å². The standard InChI is InChI=1S/C10H16F3N3O2/c1-3-6-7(17)15-4-5-16(6)8(18)9(2,14)10(11,12)13/h6H,3-5,14H2,1-2H3,(H,15,17). The van der Waals surface area contributed by atoms with Gasteiger partial charge >= 0.3 is 6.18 Å². The molecule has 1 rings (SSSR count). The minimum Gasteiger partial charge on any atom is -0.353 e. The maximum atomic E-state index is 12.7. The minimum absolute atomic E-state index is 0.0337. The van der Waals surface area contributed by atoms with Gasteiger partial charge < -0.3 is 16.0 Å². The van der Waals surface area contributed by atoms with Gasteiger partial charge in [0, 0.05) is 13.1 Å². The number of carbonyl (C=O) groups excluding carboxylic acids is 2. The molecule has 5 nitrogen and oxygen atoms in total. The fourth-order valence-electron chi connectivity index (χ4n) is 1.78. The Hall–Kier alpha value is -1.31. The van der Waals surface area contributed by atoms with Gasteiger partial charge in [-0.05, 0) is 13.3 Å². The van der Waals surface area contributed by atoms with Crippen LogP contribution in [0.15, 0.2) is 0 Å². The van der Waals surface area contributed by atoms with Crippen LogP contribution in [0, 0.1) is 0 Å². The number of nitrogens with one attached hydrogen (secondary N) is 1. The third-order valence-corrected chi connectivity index (χ3v) is 3.01. The van der Waals surface area contributed by atoms with E-state index in [4.69, 9.17) is 5.73 Å². The van der Waals surface area contributed by atoms with E-state index in [-0.39, 0.29) is 19.5 Å². The van der Waals surface area contributed by atoms with Crippen molar-refractivity contribution < 1.29 is 22.8 Å². The minimum atomic E-state index is -4.85. The van der Waals surface area contributed by atoms with Crippen molar-refractivity contribution in [2.75, 3.05) is 13.1 Å². The molecule has 1 aliphatic rings. The van der Waals surface area contributed by atoms with Crippen molar-refractivity contribution in [2.45, 2.75) is 38.0 Å². The summed E-state index contributed by atoms with van der Waals surface area (Å²) in [6.07, 6.45) is -4.61. The summed E-state index contributed by atoms with van der Waals surface area (Å²) < 4.78 is 38.1. The molecular formula is C10H16F3N3O2. The Morgan fingerprint density at radius 2 is 2.11 bits per heavy atom. The molecule has 0 aliphatic carbocycles. The van der Waals surface area contributed by atoms with Crippen molar-refractivity contribution >= 4 is 11.8 Å². The van der Waals surface area contributed by atoms with Crippen LogP contribution in [0.2, 0.25) is 0 Å². The van der Waals surface area contributed by atoms with Crippen LogP contribution in [0.3, 0.4) is 0 Å². The second-order valence-corrected chi connectivity index (χ2v) is 4.41. The molecule has 0 radical (unpaired) electrons. The van der Waals surface area contributed by atoms with E-state index in [1.165, 1.54) is 0 Å². The predicted molar refractivity (Wildman–Crippen MR) is 57.4 cm³/mol. The van der Waals surface area contributed by atoms with Gasteiger partial charge in [0.15, 0.2) is 5.54 Å². The van der Waals surface area contributed by atoms with E-state index in [9.17, 15) is 22.8 Å². The molecule has 0 spiro atoms. The Labute approximate surface area is 102 Å². The largest absolute Gasteiger partial charge is 0.415 e. The van der Waals surface area contributed by atoms with Crippen molar-refractivity contribution in [3.63, 3.8) is 0 Å². The number of piperazine rings is 1. The van der Waals surface area contributed by atoms with E-state index in [1.54, 1.807) is 6.92 Å². The molecule has 0 saturated carbocycles. The second-order valence-electron chi connectivity index (χ2n) is 4.41. The number of alkyl halides is 3. The van der Waals surface area contributed by atoms with Gasteiger partial charge in [0.2, 0.25) is 5.91 Å². The molecule has 1 aliphatic heterocycles. The monoisotopic (exact) mass is 267 g/mol. The van der Waals surface area contributed by atoms with Gasteiger partial charge in [0.05, 0.1) is 0 Å². The Morgan fingerprint density at radius 3 is 2.56 bits per heavy atom. The van der Waals surface area contributed by atoms with Crippen molar-refractivity contribution in [3.05, 3.63) is 0 Å². The molecule has 2 unspecified atom stereocenters. The zero-order valence-electron chi connectivity index (χ0n) is 10.2. The lowest BCUT2D eigenvalue weighted by Gasteiger charge is -2.39. The first-order valence-electron chi connectivity index (χ1n) is 5.57. The highest BCUT2D eigenvalue weighted by atomic mass is 19.4. The molecule has 0 aromatic rings. The van der Waals surface area contributed by atoms with Gasteiger partial charge in [-0.25, -0.2) is 0 Å². The van der Waals surface area contributed by atoms with Crippen LogP contribution in [0.25, 0.3) is 0 Å². The van der Waals surface area contributed by atoms with E-state index >= 15 is 0 Å². The summed E-state index contributed by atoms with van der Waals surface area (Å²) in [7, 11) is 0. The maximum absolute atomic E-state index is 12.7. The zero-order valence-corrected chi connectivity index (χ0v) is 10.2. The van der Waals surface area contributed by atoms with Crippen molar-refractivity contribution in [2.24, 2.45) is 5.73 Å². The molecule has 3 N–H and O–H groups in total. The molecule has 1 saturated heterocycles. The number of nitrogens with zero attached hydrogens (tertiary/aromatic N) is 1. The molecular weight excluding hydrogens is 251 g/mol. The molecule has 18 heavy (non-hydrogen) atoms. The van der Waals surface area contributed by atoms with Gasteiger partial charge in [-0.2, -0.15) is 13.2 Å². The summed E-state index contributed by atoms with van der Waals surface area (Å²) in [5.41, 5.74) is 2.11. The molecule has 1 fully saturated rings. The van der Waals surface area contributed by atoms with Crippen LogP contribution < -0.4 is 11.1 Å². The highest BCUT2D eigenvalue weighted by molar-refractivity contribution is 5.93.